The molecule has 0 radical (unpaired) electrons. The highest BCUT2D eigenvalue weighted by molar-refractivity contribution is 7.09. The molecule has 0 spiro atoms. The van der Waals surface area contributed by atoms with Crippen molar-refractivity contribution >= 4 is 16.7 Å². The largest absolute Gasteiger partial charge is 0.467 e. The zero-order valence-electron chi connectivity index (χ0n) is 11.2. The van der Waals surface area contributed by atoms with Crippen LogP contribution in [0.4, 0.5) is 5.13 Å². The Morgan fingerprint density at radius 3 is 2.20 bits per heavy atom. The quantitative estimate of drug-likeness (QED) is 0.695. The highest BCUT2D eigenvalue weighted by Crippen LogP contribution is 2.22. The molecule has 0 aliphatic rings. The lowest BCUT2D eigenvalue weighted by Gasteiger charge is -2.18. The molecule has 0 bridgehead atoms. The van der Waals surface area contributed by atoms with Gasteiger partial charge in [0.05, 0.1) is 25.6 Å². The maximum atomic E-state index is 5.42. The van der Waals surface area contributed by atoms with Gasteiger partial charge < -0.3 is 13.7 Å². The first-order valence-corrected chi connectivity index (χ1v) is 7.25. The second kappa shape index (κ2) is 5.92. The van der Waals surface area contributed by atoms with Crippen molar-refractivity contribution in [1.29, 1.82) is 0 Å². The third-order valence-corrected chi connectivity index (χ3v) is 3.71. The molecule has 0 saturated heterocycles. The summed E-state index contributed by atoms with van der Waals surface area (Å²) in [6, 6.07) is 7.68. The van der Waals surface area contributed by atoms with Crippen LogP contribution >= 0.6 is 11.5 Å². The number of nitrogens with zero attached hydrogens (tertiary/aromatic N) is 3. The lowest BCUT2D eigenvalue weighted by molar-refractivity contribution is 0.476. The van der Waals surface area contributed by atoms with Crippen LogP contribution in [0.1, 0.15) is 24.3 Å². The van der Waals surface area contributed by atoms with E-state index in [0.717, 1.165) is 28.9 Å². The SMILES string of the molecule is CCc1nsc(N(Cc2ccco2)Cc2ccco2)n1. The second-order valence-electron chi connectivity index (χ2n) is 4.36. The van der Waals surface area contributed by atoms with Gasteiger partial charge in [-0.1, -0.05) is 6.92 Å². The first-order valence-electron chi connectivity index (χ1n) is 6.47. The second-order valence-corrected chi connectivity index (χ2v) is 5.09. The summed E-state index contributed by atoms with van der Waals surface area (Å²) in [6.07, 6.45) is 4.20. The van der Waals surface area contributed by atoms with Gasteiger partial charge in [-0.3, -0.25) is 0 Å². The monoisotopic (exact) mass is 289 g/mol. The fourth-order valence-electron chi connectivity index (χ4n) is 1.89. The summed E-state index contributed by atoms with van der Waals surface area (Å²) < 4.78 is 15.2. The number of hydrogen-bond donors (Lipinski definition) is 0. The lowest BCUT2D eigenvalue weighted by Crippen LogP contribution is -2.21. The van der Waals surface area contributed by atoms with Crippen molar-refractivity contribution in [3.8, 4) is 0 Å². The van der Waals surface area contributed by atoms with Gasteiger partial charge >= 0.3 is 0 Å². The van der Waals surface area contributed by atoms with Crippen LogP contribution < -0.4 is 4.90 Å². The first-order chi connectivity index (χ1) is 9.85. The van der Waals surface area contributed by atoms with Gasteiger partial charge in [-0.2, -0.15) is 4.37 Å². The van der Waals surface area contributed by atoms with Gasteiger partial charge in [0.15, 0.2) is 0 Å². The third-order valence-electron chi connectivity index (χ3n) is 2.90. The molecule has 3 aromatic heterocycles. The van der Waals surface area contributed by atoms with Crippen molar-refractivity contribution in [2.45, 2.75) is 26.4 Å². The topological polar surface area (TPSA) is 55.3 Å². The molecule has 104 valence electrons. The highest BCUT2D eigenvalue weighted by atomic mass is 32.1. The lowest BCUT2D eigenvalue weighted by atomic mass is 10.3. The molecule has 0 aliphatic carbocycles. The molecule has 0 saturated carbocycles. The number of anilines is 1. The normalized spacial score (nSPS) is 10.8. The number of aromatic nitrogens is 2. The molecule has 3 heterocycles. The first kappa shape index (κ1) is 12.9. The van der Waals surface area contributed by atoms with E-state index in [1.807, 2.05) is 24.3 Å². The molecular formula is C14H15N3O2S. The number of aryl methyl sites for hydroxylation is 1. The van der Waals surface area contributed by atoms with Crippen molar-refractivity contribution in [2.24, 2.45) is 0 Å². The Balaban J connectivity index is 1.82. The molecule has 0 amide bonds. The Hall–Kier alpha value is -2.08. The number of furan rings is 2. The minimum Gasteiger partial charge on any atom is -0.467 e. The van der Waals surface area contributed by atoms with Gasteiger partial charge in [0.1, 0.15) is 17.3 Å². The van der Waals surface area contributed by atoms with E-state index >= 15 is 0 Å². The van der Waals surface area contributed by atoms with Crippen LogP contribution in [0.15, 0.2) is 45.6 Å². The van der Waals surface area contributed by atoms with E-state index in [1.165, 1.54) is 11.5 Å². The van der Waals surface area contributed by atoms with Crippen LogP contribution in [0.25, 0.3) is 0 Å². The van der Waals surface area contributed by atoms with Crippen LogP contribution in [0.5, 0.6) is 0 Å². The molecule has 0 aliphatic heterocycles. The van der Waals surface area contributed by atoms with Gasteiger partial charge in [0.25, 0.3) is 0 Å². The molecule has 0 fully saturated rings. The van der Waals surface area contributed by atoms with Crippen molar-refractivity contribution in [3.05, 3.63) is 54.1 Å². The molecule has 3 aromatic rings. The fourth-order valence-corrected chi connectivity index (χ4v) is 2.64. The van der Waals surface area contributed by atoms with Crippen LogP contribution in [0.3, 0.4) is 0 Å². The van der Waals surface area contributed by atoms with Crippen molar-refractivity contribution in [3.63, 3.8) is 0 Å². The maximum Gasteiger partial charge on any atom is 0.206 e. The van der Waals surface area contributed by atoms with Crippen LogP contribution in [-0.4, -0.2) is 9.36 Å². The number of rotatable bonds is 6. The summed E-state index contributed by atoms with van der Waals surface area (Å²) in [5.41, 5.74) is 0. The Morgan fingerprint density at radius 2 is 1.75 bits per heavy atom. The third kappa shape index (κ3) is 2.91. The average molecular weight is 289 g/mol. The summed E-state index contributed by atoms with van der Waals surface area (Å²) in [5.74, 6) is 2.66. The van der Waals surface area contributed by atoms with E-state index in [4.69, 9.17) is 8.83 Å². The summed E-state index contributed by atoms with van der Waals surface area (Å²) in [6.45, 7) is 3.34. The molecule has 20 heavy (non-hydrogen) atoms. The zero-order chi connectivity index (χ0) is 13.8. The molecule has 0 atom stereocenters. The molecular weight excluding hydrogens is 274 g/mol. The Labute approximate surface area is 121 Å². The zero-order valence-corrected chi connectivity index (χ0v) is 12.0. The fraction of sp³-hybridized carbons (Fsp3) is 0.286. The van der Waals surface area contributed by atoms with E-state index in [9.17, 15) is 0 Å². The highest BCUT2D eigenvalue weighted by Gasteiger charge is 2.15. The van der Waals surface area contributed by atoms with Crippen molar-refractivity contribution in [1.82, 2.24) is 9.36 Å². The summed E-state index contributed by atoms with van der Waals surface area (Å²) in [5, 5.41) is 0.884. The van der Waals surface area contributed by atoms with Crippen LogP contribution in [0, 0.1) is 0 Å². The van der Waals surface area contributed by atoms with E-state index < -0.39 is 0 Å². The molecule has 6 heteroatoms. The van der Waals surface area contributed by atoms with E-state index in [-0.39, 0.29) is 0 Å². The van der Waals surface area contributed by atoms with Gasteiger partial charge in [0, 0.05) is 18.0 Å². The molecule has 0 N–H and O–H groups in total. The van der Waals surface area contributed by atoms with Gasteiger partial charge in [0.2, 0.25) is 5.13 Å². The summed E-state index contributed by atoms with van der Waals surface area (Å²) >= 11 is 1.41. The molecule has 5 nitrogen and oxygen atoms in total. The van der Waals surface area contributed by atoms with E-state index in [2.05, 4.69) is 21.2 Å². The molecule has 0 unspecified atom stereocenters. The smallest absolute Gasteiger partial charge is 0.206 e. The van der Waals surface area contributed by atoms with Gasteiger partial charge in [-0.05, 0) is 24.3 Å². The Kier molecular flexibility index (Phi) is 3.83. The molecule has 3 rings (SSSR count). The average Bonchev–Trinajstić information content (AvgIpc) is 3.20. The number of hydrogen-bond acceptors (Lipinski definition) is 6. The van der Waals surface area contributed by atoms with Crippen LogP contribution in [-0.2, 0) is 19.5 Å². The van der Waals surface area contributed by atoms with Crippen LogP contribution in [0.2, 0.25) is 0 Å². The van der Waals surface area contributed by atoms with Crippen molar-refractivity contribution < 1.29 is 8.83 Å². The Morgan fingerprint density at radius 1 is 1.10 bits per heavy atom. The van der Waals surface area contributed by atoms with E-state index in [1.54, 1.807) is 12.5 Å². The standard InChI is InChI=1S/C14H15N3O2S/c1-2-13-15-14(20-16-13)17(9-11-5-3-7-18-11)10-12-6-4-8-19-12/h3-8H,2,9-10H2,1H3. The summed E-state index contributed by atoms with van der Waals surface area (Å²) in [4.78, 5) is 6.65. The van der Waals surface area contributed by atoms with Crippen molar-refractivity contribution in [2.75, 3.05) is 4.90 Å². The Bertz CT molecular complexity index is 595. The minimum atomic E-state index is 0.645. The maximum absolute atomic E-state index is 5.42. The predicted octanol–water partition coefficient (Wildman–Crippen LogP) is 3.49. The van der Waals surface area contributed by atoms with Gasteiger partial charge in [-0.25, -0.2) is 4.98 Å². The summed E-state index contributed by atoms with van der Waals surface area (Å²) in [7, 11) is 0. The molecule has 0 aromatic carbocycles. The minimum absolute atomic E-state index is 0.645. The van der Waals surface area contributed by atoms with Gasteiger partial charge in [-0.15, -0.1) is 0 Å². The van der Waals surface area contributed by atoms with E-state index in [0.29, 0.717) is 13.1 Å². The predicted molar refractivity (Wildman–Crippen MR) is 76.6 cm³/mol.